The first kappa shape index (κ1) is 15.4. The van der Waals surface area contributed by atoms with E-state index in [4.69, 9.17) is 4.74 Å². The summed E-state index contributed by atoms with van der Waals surface area (Å²) < 4.78 is 33.8. The fraction of sp³-hybridized carbons (Fsp3) is 0.714. The van der Waals surface area contributed by atoms with Crippen LogP contribution in [0, 0.1) is 0 Å². The summed E-state index contributed by atoms with van der Waals surface area (Å²) in [5, 5.41) is 5.22. The lowest BCUT2D eigenvalue weighted by Crippen LogP contribution is -2.50. The Balaban J connectivity index is 1.76. The van der Waals surface area contributed by atoms with Gasteiger partial charge in [0, 0.05) is 24.1 Å². The van der Waals surface area contributed by atoms with Crippen molar-refractivity contribution in [1.29, 1.82) is 0 Å². The minimum Gasteiger partial charge on any atom is -0.376 e. The first-order valence-electron chi connectivity index (χ1n) is 7.36. The maximum atomic E-state index is 12.7. The van der Waals surface area contributed by atoms with Gasteiger partial charge in [-0.2, -0.15) is 0 Å². The molecule has 1 aliphatic carbocycles. The van der Waals surface area contributed by atoms with E-state index in [1.807, 2.05) is 19.2 Å². The largest absolute Gasteiger partial charge is 0.376 e. The van der Waals surface area contributed by atoms with Crippen LogP contribution in [0.3, 0.4) is 0 Å². The summed E-state index contributed by atoms with van der Waals surface area (Å²) in [7, 11) is -3.51. The van der Waals surface area contributed by atoms with Gasteiger partial charge in [-0.1, -0.05) is 0 Å². The molecule has 0 spiro atoms. The normalized spacial score (nSPS) is 29.9. The highest BCUT2D eigenvalue weighted by Gasteiger charge is 2.41. The SMILES string of the molecule is CC1OCCC1(C)NS(=O)(=O)c1ccsc1CNC1CC1. The fourth-order valence-electron chi connectivity index (χ4n) is 2.55. The summed E-state index contributed by atoms with van der Waals surface area (Å²) >= 11 is 1.49. The van der Waals surface area contributed by atoms with E-state index >= 15 is 0 Å². The van der Waals surface area contributed by atoms with Gasteiger partial charge in [0.2, 0.25) is 10.0 Å². The molecule has 0 aromatic carbocycles. The predicted molar refractivity (Wildman–Crippen MR) is 82.9 cm³/mol. The van der Waals surface area contributed by atoms with Gasteiger partial charge in [-0.05, 0) is 44.6 Å². The topological polar surface area (TPSA) is 67.4 Å². The monoisotopic (exact) mass is 330 g/mol. The lowest BCUT2D eigenvalue weighted by molar-refractivity contribution is 0.0957. The number of rotatable bonds is 6. The molecule has 1 aliphatic heterocycles. The molecule has 1 aromatic rings. The molecule has 3 rings (SSSR count). The van der Waals surface area contributed by atoms with Gasteiger partial charge in [-0.3, -0.25) is 0 Å². The van der Waals surface area contributed by atoms with E-state index < -0.39 is 15.6 Å². The second kappa shape index (κ2) is 5.62. The first-order chi connectivity index (χ1) is 9.91. The molecule has 1 saturated heterocycles. The molecule has 2 heterocycles. The summed E-state index contributed by atoms with van der Waals surface area (Å²) in [6.07, 6.45) is 2.98. The van der Waals surface area contributed by atoms with E-state index in [-0.39, 0.29) is 6.10 Å². The Hall–Kier alpha value is -0.470. The van der Waals surface area contributed by atoms with E-state index in [0.29, 0.717) is 30.5 Å². The zero-order chi connectivity index (χ0) is 15.1. The van der Waals surface area contributed by atoms with Crippen molar-refractivity contribution in [2.24, 2.45) is 0 Å². The van der Waals surface area contributed by atoms with E-state index in [1.54, 1.807) is 6.07 Å². The number of nitrogens with one attached hydrogen (secondary N) is 2. The quantitative estimate of drug-likeness (QED) is 0.835. The summed E-state index contributed by atoms with van der Waals surface area (Å²) in [6, 6.07) is 2.26. The molecule has 0 bridgehead atoms. The molecular weight excluding hydrogens is 308 g/mol. The van der Waals surface area contributed by atoms with E-state index in [2.05, 4.69) is 10.0 Å². The fourth-order valence-corrected chi connectivity index (χ4v) is 5.44. The van der Waals surface area contributed by atoms with Crippen LogP contribution >= 0.6 is 11.3 Å². The number of ether oxygens (including phenoxy) is 1. The Labute approximate surface area is 130 Å². The second-order valence-corrected chi connectivity index (χ2v) is 8.80. The number of hydrogen-bond acceptors (Lipinski definition) is 5. The maximum Gasteiger partial charge on any atom is 0.242 e. The Morgan fingerprint density at radius 2 is 2.24 bits per heavy atom. The van der Waals surface area contributed by atoms with Gasteiger partial charge in [-0.15, -0.1) is 11.3 Å². The third-order valence-electron chi connectivity index (χ3n) is 4.38. The highest BCUT2D eigenvalue weighted by molar-refractivity contribution is 7.89. The molecular formula is C14H22N2O3S2. The van der Waals surface area contributed by atoms with Crippen LogP contribution in [0.25, 0.3) is 0 Å². The van der Waals surface area contributed by atoms with Crippen molar-refractivity contribution < 1.29 is 13.2 Å². The van der Waals surface area contributed by atoms with Gasteiger partial charge in [0.25, 0.3) is 0 Å². The van der Waals surface area contributed by atoms with Gasteiger partial charge >= 0.3 is 0 Å². The maximum absolute atomic E-state index is 12.7. The van der Waals surface area contributed by atoms with E-state index in [0.717, 1.165) is 4.88 Å². The van der Waals surface area contributed by atoms with Crippen LogP contribution < -0.4 is 10.0 Å². The van der Waals surface area contributed by atoms with Crippen LogP contribution in [-0.4, -0.2) is 32.7 Å². The summed E-state index contributed by atoms with van der Waals surface area (Å²) in [5.74, 6) is 0. The smallest absolute Gasteiger partial charge is 0.242 e. The molecule has 2 aliphatic rings. The Morgan fingerprint density at radius 1 is 1.48 bits per heavy atom. The molecule has 118 valence electrons. The van der Waals surface area contributed by atoms with Crippen LogP contribution in [0.5, 0.6) is 0 Å². The molecule has 2 atom stereocenters. The molecule has 1 saturated carbocycles. The first-order valence-corrected chi connectivity index (χ1v) is 9.72. The average molecular weight is 330 g/mol. The predicted octanol–water partition coefficient (Wildman–Crippen LogP) is 1.85. The number of thiophene rings is 1. The van der Waals surface area contributed by atoms with Crippen molar-refractivity contribution in [3.05, 3.63) is 16.3 Å². The summed E-state index contributed by atoms with van der Waals surface area (Å²) in [5.41, 5.74) is -0.526. The molecule has 0 amide bonds. The van der Waals surface area contributed by atoms with E-state index in [1.165, 1.54) is 24.2 Å². The zero-order valence-electron chi connectivity index (χ0n) is 12.4. The minimum absolute atomic E-state index is 0.112. The lowest BCUT2D eigenvalue weighted by atomic mass is 9.97. The van der Waals surface area contributed by atoms with Crippen molar-refractivity contribution in [3.8, 4) is 0 Å². The summed E-state index contributed by atoms with van der Waals surface area (Å²) in [4.78, 5) is 1.28. The molecule has 0 radical (unpaired) electrons. The van der Waals surface area contributed by atoms with Crippen molar-refractivity contribution in [1.82, 2.24) is 10.0 Å². The van der Waals surface area contributed by atoms with Crippen molar-refractivity contribution in [3.63, 3.8) is 0 Å². The Morgan fingerprint density at radius 3 is 2.86 bits per heavy atom. The molecule has 7 heteroatoms. The molecule has 1 aromatic heterocycles. The van der Waals surface area contributed by atoms with Crippen LogP contribution in [0.15, 0.2) is 16.3 Å². The third kappa shape index (κ3) is 3.32. The molecule has 5 nitrogen and oxygen atoms in total. The van der Waals surface area contributed by atoms with Gasteiger partial charge in [0.1, 0.15) is 0 Å². The van der Waals surface area contributed by atoms with Crippen LogP contribution in [0.4, 0.5) is 0 Å². The summed E-state index contributed by atoms with van der Waals surface area (Å²) in [6.45, 7) is 5.05. The Bertz CT molecular complexity index is 609. The van der Waals surface area contributed by atoms with Crippen LogP contribution in [-0.2, 0) is 21.3 Å². The van der Waals surface area contributed by atoms with Crippen molar-refractivity contribution in [2.45, 2.75) is 62.2 Å². The lowest BCUT2D eigenvalue weighted by Gasteiger charge is -2.28. The molecule has 2 fully saturated rings. The van der Waals surface area contributed by atoms with Crippen LogP contribution in [0.1, 0.15) is 38.0 Å². The number of sulfonamides is 1. The van der Waals surface area contributed by atoms with Gasteiger partial charge in [0.05, 0.1) is 16.5 Å². The van der Waals surface area contributed by atoms with Crippen molar-refractivity contribution >= 4 is 21.4 Å². The molecule has 2 N–H and O–H groups in total. The van der Waals surface area contributed by atoms with Gasteiger partial charge in [0.15, 0.2) is 0 Å². The minimum atomic E-state index is -3.51. The van der Waals surface area contributed by atoms with E-state index in [9.17, 15) is 8.42 Å². The highest BCUT2D eigenvalue weighted by Crippen LogP contribution is 2.30. The van der Waals surface area contributed by atoms with Gasteiger partial charge in [-0.25, -0.2) is 13.1 Å². The zero-order valence-corrected chi connectivity index (χ0v) is 14.0. The van der Waals surface area contributed by atoms with Crippen LogP contribution in [0.2, 0.25) is 0 Å². The average Bonchev–Trinajstić information content (AvgIpc) is 3.01. The number of hydrogen-bond donors (Lipinski definition) is 2. The standard InChI is InChI=1S/C14H22N2O3S2/c1-10-14(2,6-7-19-10)16-21(17,18)13-5-8-20-12(13)9-15-11-3-4-11/h5,8,10-11,15-16H,3-4,6-7,9H2,1-2H3. The van der Waals surface area contributed by atoms with Gasteiger partial charge < -0.3 is 10.1 Å². The van der Waals surface area contributed by atoms with Crippen molar-refractivity contribution in [2.75, 3.05) is 6.61 Å². The molecule has 21 heavy (non-hydrogen) atoms. The molecule has 2 unspecified atom stereocenters. The third-order valence-corrected chi connectivity index (χ3v) is 7.12. The second-order valence-electron chi connectivity index (χ2n) is 6.15. The highest BCUT2D eigenvalue weighted by atomic mass is 32.2. The Kier molecular flexibility index (Phi) is 4.13.